The standard InChI is InChI=1S/C17H34NO/c1-4-7-8-9-10-11-14-18(12-5-2,13-6-3)15-17-16-19-17/h4,7,17H,5-6,8-16H2,1-3H3/q+1/b7-4+. The van der Waals surface area contributed by atoms with Crippen molar-refractivity contribution in [1.82, 2.24) is 0 Å². The van der Waals surface area contributed by atoms with Crippen LogP contribution in [0.2, 0.25) is 0 Å². The first kappa shape index (κ1) is 16.7. The first-order chi connectivity index (χ1) is 9.26. The van der Waals surface area contributed by atoms with E-state index in [0.717, 1.165) is 6.61 Å². The van der Waals surface area contributed by atoms with Gasteiger partial charge in [0.05, 0.1) is 26.2 Å². The third kappa shape index (κ3) is 7.12. The van der Waals surface area contributed by atoms with Gasteiger partial charge in [-0.25, -0.2) is 0 Å². The summed E-state index contributed by atoms with van der Waals surface area (Å²) in [5, 5.41) is 0. The molecule has 1 heterocycles. The largest absolute Gasteiger partial charge is 0.367 e. The molecule has 1 unspecified atom stereocenters. The molecule has 0 bridgehead atoms. The molecular formula is C17H34NO+. The average Bonchev–Trinajstić information content (AvgIpc) is 3.18. The van der Waals surface area contributed by atoms with Crippen LogP contribution < -0.4 is 0 Å². The molecule has 0 aromatic heterocycles. The number of ether oxygens (including phenoxy) is 1. The van der Waals surface area contributed by atoms with Crippen LogP contribution in [-0.4, -0.2) is 43.4 Å². The molecular weight excluding hydrogens is 234 g/mol. The van der Waals surface area contributed by atoms with Gasteiger partial charge in [0.1, 0.15) is 12.6 Å². The molecule has 1 fully saturated rings. The minimum atomic E-state index is 0.570. The van der Waals surface area contributed by atoms with Crippen LogP contribution in [0, 0.1) is 0 Å². The van der Waals surface area contributed by atoms with Crippen LogP contribution >= 0.6 is 0 Å². The summed E-state index contributed by atoms with van der Waals surface area (Å²) in [6.07, 6.45) is 13.0. The Morgan fingerprint density at radius 3 is 2.26 bits per heavy atom. The Balaban J connectivity index is 2.33. The lowest BCUT2D eigenvalue weighted by molar-refractivity contribution is -0.929. The predicted octanol–water partition coefficient (Wildman–Crippen LogP) is 4.16. The van der Waals surface area contributed by atoms with E-state index in [9.17, 15) is 0 Å². The zero-order chi connectivity index (χ0) is 14.0. The molecule has 2 heteroatoms. The van der Waals surface area contributed by atoms with Gasteiger partial charge in [-0.3, -0.25) is 0 Å². The van der Waals surface area contributed by atoms with E-state index >= 15 is 0 Å². The van der Waals surface area contributed by atoms with Crippen molar-refractivity contribution in [1.29, 1.82) is 0 Å². The topological polar surface area (TPSA) is 12.5 Å². The summed E-state index contributed by atoms with van der Waals surface area (Å²) in [5.74, 6) is 0. The van der Waals surface area contributed by atoms with E-state index in [0.29, 0.717) is 6.10 Å². The summed E-state index contributed by atoms with van der Waals surface area (Å²) in [5.41, 5.74) is 0. The third-order valence-corrected chi connectivity index (χ3v) is 4.13. The maximum atomic E-state index is 5.49. The molecule has 1 aliphatic rings. The molecule has 0 aromatic rings. The lowest BCUT2D eigenvalue weighted by Crippen LogP contribution is -2.52. The van der Waals surface area contributed by atoms with Gasteiger partial charge in [0.25, 0.3) is 0 Å². The number of nitrogens with zero attached hydrogens (tertiary/aromatic N) is 1. The van der Waals surface area contributed by atoms with E-state index in [1.165, 1.54) is 69.2 Å². The quantitative estimate of drug-likeness (QED) is 0.224. The minimum Gasteiger partial charge on any atom is -0.367 e. The molecule has 0 saturated carbocycles. The maximum Gasteiger partial charge on any atom is 0.130 e. The molecule has 2 nitrogen and oxygen atoms in total. The predicted molar refractivity (Wildman–Crippen MR) is 83.3 cm³/mol. The number of rotatable bonds is 12. The van der Waals surface area contributed by atoms with Gasteiger partial charge in [0.15, 0.2) is 0 Å². The van der Waals surface area contributed by atoms with Gasteiger partial charge in [-0.2, -0.15) is 0 Å². The fourth-order valence-corrected chi connectivity index (χ4v) is 3.22. The average molecular weight is 268 g/mol. The lowest BCUT2D eigenvalue weighted by Gasteiger charge is -2.38. The van der Waals surface area contributed by atoms with E-state index in [2.05, 4.69) is 32.9 Å². The molecule has 0 aliphatic carbocycles. The molecule has 1 rings (SSSR count). The van der Waals surface area contributed by atoms with E-state index in [-0.39, 0.29) is 0 Å². The van der Waals surface area contributed by atoms with Gasteiger partial charge >= 0.3 is 0 Å². The summed E-state index contributed by atoms with van der Waals surface area (Å²) < 4.78 is 6.80. The Kier molecular flexibility index (Phi) is 8.40. The fraction of sp³-hybridized carbons (Fsp3) is 0.882. The van der Waals surface area contributed by atoms with E-state index in [1.54, 1.807) is 0 Å². The van der Waals surface area contributed by atoms with Gasteiger partial charge < -0.3 is 9.22 Å². The Labute approximate surface area is 120 Å². The number of hydrogen-bond donors (Lipinski definition) is 0. The summed E-state index contributed by atoms with van der Waals surface area (Å²) >= 11 is 0. The highest BCUT2D eigenvalue weighted by Gasteiger charge is 2.35. The molecule has 0 aromatic carbocycles. The second-order valence-electron chi connectivity index (χ2n) is 6.07. The van der Waals surface area contributed by atoms with Crippen LogP contribution in [-0.2, 0) is 4.74 Å². The second kappa shape index (κ2) is 9.55. The highest BCUT2D eigenvalue weighted by molar-refractivity contribution is 4.76. The molecule has 19 heavy (non-hydrogen) atoms. The minimum absolute atomic E-state index is 0.570. The summed E-state index contributed by atoms with van der Waals surface area (Å²) in [6, 6.07) is 0. The summed E-state index contributed by atoms with van der Waals surface area (Å²) in [7, 11) is 0. The molecule has 1 aliphatic heterocycles. The molecule has 0 spiro atoms. The zero-order valence-corrected chi connectivity index (χ0v) is 13.4. The van der Waals surface area contributed by atoms with Crippen molar-refractivity contribution >= 4 is 0 Å². The number of epoxide rings is 1. The van der Waals surface area contributed by atoms with Crippen LogP contribution in [0.25, 0.3) is 0 Å². The van der Waals surface area contributed by atoms with E-state index < -0.39 is 0 Å². The van der Waals surface area contributed by atoms with Crippen molar-refractivity contribution in [2.24, 2.45) is 0 Å². The van der Waals surface area contributed by atoms with Crippen LogP contribution in [0.1, 0.15) is 59.3 Å². The SMILES string of the molecule is C/C=C/CCCCC[N+](CCC)(CCC)CC1CO1. The molecule has 0 radical (unpaired) electrons. The van der Waals surface area contributed by atoms with Crippen molar-refractivity contribution < 1.29 is 9.22 Å². The first-order valence-corrected chi connectivity index (χ1v) is 8.34. The van der Waals surface area contributed by atoms with Gasteiger partial charge in [-0.15, -0.1) is 0 Å². The summed E-state index contributed by atoms with van der Waals surface area (Å²) in [4.78, 5) is 0. The number of hydrogen-bond acceptors (Lipinski definition) is 1. The van der Waals surface area contributed by atoms with Gasteiger partial charge in [-0.1, -0.05) is 26.0 Å². The van der Waals surface area contributed by atoms with Gasteiger partial charge in [-0.05, 0) is 45.4 Å². The van der Waals surface area contributed by atoms with Crippen LogP contribution in [0.15, 0.2) is 12.2 Å². The lowest BCUT2D eigenvalue weighted by atomic mass is 10.1. The maximum absolute atomic E-state index is 5.49. The number of quaternary nitrogens is 1. The second-order valence-corrected chi connectivity index (χ2v) is 6.07. The molecule has 112 valence electrons. The van der Waals surface area contributed by atoms with Crippen LogP contribution in [0.5, 0.6) is 0 Å². The van der Waals surface area contributed by atoms with Crippen molar-refractivity contribution in [2.75, 3.05) is 32.8 Å². The van der Waals surface area contributed by atoms with Gasteiger partial charge in [0, 0.05) is 0 Å². The Bertz CT molecular complexity index is 240. The Morgan fingerprint density at radius 1 is 1.05 bits per heavy atom. The monoisotopic (exact) mass is 268 g/mol. The van der Waals surface area contributed by atoms with Crippen LogP contribution in [0.3, 0.4) is 0 Å². The molecule has 1 saturated heterocycles. The molecule has 0 amide bonds. The van der Waals surface area contributed by atoms with Crippen molar-refractivity contribution in [3.05, 3.63) is 12.2 Å². The fourth-order valence-electron chi connectivity index (χ4n) is 3.22. The zero-order valence-electron chi connectivity index (χ0n) is 13.4. The molecule has 0 N–H and O–H groups in total. The third-order valence-electron chi connectivity index (χ3n) is 4.13. The smallest absolute Gasteiger partial charge is 0.130 e. The molecule has 1 atom stereocenters. The van der Waals surface area contributed by atoms with Gasteiger partial charge in [0.2, 0.25) is 0 Å². The van der Waals surface area contributed by atoms with Crippen LogP contribution in [0.4, 0.5) is 0 Å². The Morgan fingerprint density at radius 2 is 1.74 bits per heavy atom. The van der Waals surface area contributed by atoms with E-state index in [4.69, 9.17) is 4.74 Å². The van der Waals surface area contributed by atoms with E-state index in [1.807, 2.05) is 0 Å². The number of allylic oxidation sites excluding steroid dienone is 2. The highest BCUT2D eigenvalue weighted by Crippen LogP contribution is 2.20. The van der Waals surface area contributed by atoms with Crippen molar-refractivity contribution in [2.45, 2.75) is 65.4 Å². The first-order valence-electron chi connectivity index (χ1n) is 8.34. The van der Waals surface area contributed by atoms with Crippen molar-refractivity contribution in [3.8, 4) is 0 Å². The number of unbranched alkanes of at least 4 members (excludes halogenated alkanes) is 3. The van der Waals surface area contributed by atoms with Crippen molar-refractivity contribution in [3.63, 3.8) is 0 Å². The summed E-state index contributed by atoms with van der Waals surface area (Å²) in [6.45, 7) is 13.1. The highest BCUT2D eigenvalue weighted by atomic mass is 16.6. The Hall–Kier alpha value is -0.340. The normalized spacial score (nSPS) is 19.2.